The van der Waals surface area contributed by atoms with Crippen LogP contribution in [0.25, 0.3) is 0 Å². The Kier molecular flexibility index (Phi) is 5.28. The minimum absolute atomic E-state index is 0.0105. The standard InChI is InChI=1S/C13H17ClFN3O2/c1-2-18-3-4-20-10(8-18)7-17-13(19)11-5-9(15)6-16-12(11)14/h5-6,10H,2-4,7-8H2,1H3,(H,17,19). The van der Waals surface area contributed by atoms with Crippen LogP contribution in [0.2, 0.25) is 5.15 Å². The van der Waals surface area contributed by atoms with E-state index in [1.165, 1.54) is 0 Å². The molecule has 1 unspecified atom stereocenters. The minimum Gasteiger partial charge on any atom is -0.374 e. The maximum Gasteiger partial charge on any atom is 0.254 e. The van der Waals surface area contributed by atoms with Gasteiger partial charge in [0.15, 0.2) is 0 Å². The van der Waals surface area contributed by atoms with E-state index in [4.69, 9.17) is 16.3 Å². The van der Waals surface area contributed by atoms with Crippen molar-refractivity contribution in [2.24, 2.45) is 0 Å². The molecular weight excluding hydrogens is 285 g/mol. The summed E-state index contributed by atoms with van der Waals surface area (Å²) < 4.78 is 18.6. The first-order valence-electron chi connectivity index (χ1n) is 6.53. The molecule has 0 aromatic carbocycles. The summed E-state index contributed by atoms with van der Waals surface area (Å²) in [5.74, 6) is -1.04. The third-order valence-corrected chi connectivity index (χ3v) is 3.51. The van der Waals surface area contributed by atoms with E-state index in [2.05, 4.69) is 22.1 Å². The third kappa shape index (κ3) is 3.88. The van der Waals surface area contributed by atoms with Crippen LogP contribution in [0, 0.1) is 5.82 Å². The van der Waals surface area contributed by atoms with E-state index in [1.54, 1.807) is 0 Å². The fourth-order valence-electron chi connectivity index (χ4n) is 2.07. The molecule has 1 aromatic rings. The molecule has 5 nitrogen and oxygen atoms in total. The van der Waals surface area contributed by atoms with E-state index in [0.29, 0.717) is 13.2 Å². The third-order valence-electron chi connectivity index (χ3n) is 3.21. The quantitative estimate of drug-likeness (QED) is 0.852. The van der Waals surface area contributed by atoms with Crippen molar-refractivity contribution in [3.05, 3.63) is 28.8 Å². The van der Waals surface area contributed by atoms with E-state index in [1.807, 2.05) is 0 Å². The Bertz CT molecular complexity index is 487. The van der Waals surface area contributed by atoms with Crippen LogP contribution in [-0.4, -0.2) is 54.7 Å². The van der Waals surface area contributed by atoms with Gasteiger partial charge in [0.25, 0.3) is 5.91 Å². The lowest BCUT2D eigenvalue weighted by atomic mass is 10.2. The molecule has 20 heavy (non-hydrogen) atoms. The highest BCUT2D eigenvalue weighted by Crippen LogP contribution is 2.13. The van der Waals surface area contributed by atoms with Crippen molar-refractivity contribution in [2.45, 2.75) is 13.0 Å². The van der Waals surface area contributed by atoms with Gasteiger partial charge >= 0.3 is 0 Å². The van der Waals surface area contributed by atoms with Gasteiger partial charge in [-0.25, -0.2) is 9.37 Å². The van der Waals surface area contributed by atoms with E-state index < -0.39 is 11.7 Å². The first-order chi connectivity index (χ1) is 9.60. The Morgan fingerprint density at radius 2 is 2.50 bits per heavy atom. The Morgan fingerprint density at radius 1 is 1.70 bits per heavy atom. The Morgan fingerprint density at radius 3 is 3.25 bits per heavy atom. The number of carbonyl (C=O) groups is 1. The number of pyridine rings is 1. The van der Waals surface area contributed by atoms with E-state index in [-0.39, 0.29) is 16.8 Å². The molecule has 1 saturated heterocycles. The van der Waals surface area contributed by atoms with E-state index in [9.17, 15) is 9.18 Å². The second-order valence-electron chi connectivity index (χ2n) is 4.59. The SMILES string of the molecule is CCN1CCOC(CNC(=O)c2cc(F)cnc2Cl)C1. The zero-order valence-corrected chi connectivity index (χ0v) is 12.0. The van der Waals surface area contributed by atoms with Crippen LogP contribution in [-0.2, 0) is 4.74 Å². The number of carbonyl (C=O) groups excluding carboxylic acids is 1. The fourth-order valence-corrected chi connectivity index (χ4v) is 2.26. The zero-order valence-electron chi connectivity index (χ0n) is 11.2. The Balaban J connectivity index is 1.90. The van der Waals surface area contributed by atoms with Crippen LogP contribution in [0.5, 0.6) is 0 Å². The summed E-state index contributed by atoms with van der Waals surface area (Å²) in [5.41, 5.74) is 0.0369. The van der Waals surface area contributed by atoms with Crippen LogP contribution in [0.4, 0.5) is 4.39 Å². The van der Waals surface area contributed by atoms with Crippen LogP contribution in [0.15, 0.2) is 12.3 Å². The molecule has 1 atom stereocenters. The number of aromatic nitrogens is 1. The van der Waals surface area contributed by atoms with Crippen LogP contribution < -0.4 is 5.32 Å². The molecule has 0 saturated carbocycles. The van der Waals surface area contributed by atoms with Crippen molar-refractivity contribution in [3.63, 3.8) is 0 Å². The maximum absolute atomic E-state index is 13.1. The van der Waals surface area contributed by atoms with Crippen LogP contribution >= 0.6 is 11.6 Å². The molecule has 1 amide bonds. The number of nitrogens with one attached hydrogen (secondary N) is 1. The number of rotatable bonds is 4. The number of amides is 1. The molecule has 1 aliphatic rings. The monoisotopic (exact) mass is 301 g/mol. The average molecular weight is 302 g/mol. The first-order valence-corrected chi connectivity index (χ1v) is 6.91. The number of nitrogens with zero attached hydrogens (tertiary/aromatic N) is 2. The topological polar surface area (TPSA) is 54.5 Å². The molecule has 2 heterocycles. The molecule has 1 aromatic heterocycles. The summed E-state index contributed by atoms with van der Waals surface area (Å²) >= 11 is 5.78. The number of halogens is 2. The second kappa shape index (κ2) is 6.97. The minimum atomic E-state index is -0.592. The van der Waals surface area contributed by atoms with Gasteiger partial charge in [-0.05, 0) is 12.6 Å². The number of morpholine rings is 1. The molecule has 2 rings (SSSR count). The summed E-state index contributed by atoms with van der Waals surface area (Å²) in [5, 5.41) is 2.69. The molecule has 0 bridgehead atoms. The van der Waals surface area contributed by atoms with Gasteiger partial charge in [-0.15, -0.1) is 0 Å². The molecule has 110 valence electrons. The number of ether oxygens (including phenoxy) is 1. The molecule has 1 aliphatic heterocycles. The summed E-state index contributed by atoms with van der Waals surface area (Å²) in [6, 6.07) is 1.07. The van der Waals surface area contributed by atoms with Gasteiger partial charge in [-0.1, -0.05) is 18.5 Å². The smallest absolute Gasteiger partial charge is 0.254 e. The van der Waals surface area contributed by atoms with Crippen molar-refractivity contribution in [2.75, 3.05) is 32.8 Å². The van der Waals surface area contributed by atoms with Gasteiger partial charge in [0.2, 0.25) is 0 Å². The molecule has 1 fully saturated rings. The van der Waals surface area contributed by atoms with Gasteiger partial charge in [0.1, 0.15) is 11.0 Å². The predicted octanol–water partition coefficient (Wildman–Crippen LogP) is 1.32. The van der Waals surface area contributed by atoms with Crippen molar-refractivity contribution in [3.8, 4) is 0 Å². The van der Waals surface area contributed by atoms with Gasteiger partial charge in [0.05, 0.1) is 24.5 Å². The zero-order chi connectivity index (χ0) is 14.5. The molecule has 0 spiro atoms. The Labute approximate surface area is 122 Å². The molecule has 0 aliphatic carbocycles. The van der Waals surface area contributed by atoms with E-state index in [0.717, 1.165) is 31.9 Å². The summed E-state index contributed by atoms with van der Waals surface area (Å²) in [6.07, 6.45) is 0.913. The molecule has 7 heteroatoms. The summed E-state index contributed by atoms with van der Waals surface area (Å²) in [4.78, 5) is 17.8. The lowest BCUT2D eigenvalue weighted by Crippen LogP contribution is -2.47. The first kappa shape index (κ1) is 15.2. The highest BCUT2D eigenvalue weighted by atomic mass is 35.5. The second-order valence-corrected chi connectivity index (χ2v) is 4.95. The largest absolute Gasteiger partial charge is 0.374 e. The summed E-state index contributed by atoms with van der Waals surface area (Å²) in [6.45, 7) is 5.72. The molecular formula is C13H17ClFN3O2. The number of likely N-dealkylation sites (N-methyl/N-ethyl adjacent to an activating group) is 1. The number of hydrogen-bond acceptors (Lipinski definition) is 4. The van der Waals surface area contributed by atoms with Crippen LogP contribution in [0.3, 0.4) is 0 Å². The van der Waals surface area contributed by atoms with Crippen molar-refractivity contribution in [1.82, 2.24) is 15.2 Å². The van der Waals surface area contributed by atoms with Crippen molar-refractivity contribution < 1.29 is 13.9 Å². The predicted molar refractivity (Wildman–Crippen MR) is 73.4 cm³/mol. The lowest BCUT2D eigenvalue weighted by molar-refractivity contribution is -0.0246. The lowest BCUT2D eigenvalue weighted by Gasteiger charge is -2.32. The van der Waals surface area contributed by atoms with Crippen molar-refractivity contribution >= 4 is 17.5 Å². The Hall–Kier alpha value is -1.24. The molecule has 0 radical (unpaired) electrons. The van der Waals surface area contributed by atoms with Gasteiger partial charge in [-0.3, -0.25) is 9.69 Å². The summed E-state index contributed by atoms with van der Waals surface area (Å²) in [7, 11) is 0. The average Bonchev–Trinajstić information content (AvgIpc) is 2.47. The normalized spacial score (nSPS) is 19.9. The van der Waals surface area contributed by atoms with Crippen LogP contribution in [0.1, 0.15) is 17.3 Å². The van der Waals surface area contributed by atoms with Crippen molar-refractivity contribution in [1.29, 1.82) is 0 Å². The molecule has 1 N–H and O–H groups in total. The van der Waals surface area contributed by atoms with Gasteiger partial charge in [-0.2, -0.15) is 0 Å². The number of hydrogen-bond donors (Lipinski definition) is 1. The maximum atomic E-state index is 13.1. The highest BCUT2D eigenvalue weighted by Gasteiger charge is 2.20. The van der Waals surface area contributed by atoms with Gasteiger partial charge < -0.3 is 10.1 Å². The van der Waals surface area contributed by atoms with Gasteiger partial charge in [0, 0.05) is 19.6 Å². The van der Waals surface area contributed by atoms with E-state index >= 15 is 0 Å². The highest BCUT2D eigenvalue weighted by molar-refractivity contribution is 6.32. The fraction of sp³-hybridized carbons (Fsp3) is 0.538.